The van der Waals surface area contributed by atoms with Crippen LogP contribution in [0.3, 0.4) is 0 Å². The van der Waals surface area contributed by atoms with Gasteiger partial charge in [-0.25, -0.2) is 0 Å². The van der Waals surface area contributed by atoms with E-state index < -0.39 is 0 Å². The zero-order chi connectivity index (χ0) is 38.8. The van der Waals surface area contributed by atoms with Crippen LogP contribution in [-0.4, -0.2) is 40.0 Å². The minimum atomic E-state index is 0.0587. The second-order valence-corrected chi connectivity index (χ2v) is 16.8. The average molecular weight is 779 g/mol. The third kappa shape index (κ3) is 12.8. The van der Waals surface area contributed by atoms with Crippen molar-refractivity contribution in [1.82, 2.24) is 0 Å². The van der Waals surface area contributed by atoms with Gasteiger partial charge in [0.25, 0.3) is 0 Å². The molecule has 2 aromatic heterocycles. The number of benzene rings is 2. The first-order valence-electron chi connectivity index (χ1n) is 20.2. The van der Waals surface area contributed by atoms with Crippen LogP contribution in [0.15, 0.2) is 57.9 Å². The summed E-state index contributed by atoms with van der Waals surface area (Å²) in [7, 11) is 0. The molecule has 0 amide bonds. The minimum Gasteiger partial charge on any atom is -0.493 e. The summed E-state index contributed by atoms with van der Waals surface area (Å²) in [5.41, 5.74) is 6.99. The summed E-state index contributed by atoms with van der Waals surface area (Å²) in [6.07, 6.45) is 11.4. The van der Waals surface area contributed by atoms with E-state index in [-0.39, 0.29) is 24.4 Å². The standard InChI is InChI=1S/C46H66O6S2/c1-9-13-15-23-45(5,6)35-19-21-41(37(27-35)39-29-53-31-43(39)51-33-47-11-3)49-25-17-18-26-50-42-22-20-36(46(7,8)24-16-14-10-2)28-38(42)40-30-54-32-44(40)52-34-48-12-4/h19-22,27-32H,9-18,23-26,33-34H2,1-8H3. The highest BCUT2D eigenvalue weighted by atomic mass is 32.1. The molecule has 0 aliphatic rings. The number of rotatable bonds is 27. The number of thiophene rings is 2. The first-order chi connectivity index (χ1) is 26.1. The molecule has 0 radical (unpaired) electrons. The fourth-order valence-electron chi connectivity index (χ4n) is 6.63. The molecule has 0 aliphatic carbocycles. The van der Waals surface area contributed by atoms with Gasteiger partial charge in [-0.2, -0.15) is 0 Å². The van der Waals surface area contributed by atoms with Crippen LogP contribution < -0.4 is 18.9 Å². The van der Waals surface area contributed by atoms with E-state index in [0.717, 1.165) is 70.9 Å². The molecule has 0 unspecified atom stereocenters. The highest BCUT2D eigenvalue weighted by Gasteiger charge is 2.25. The van der Waals surface area contributed by atoms with Crippen LogP contribution in [0.5, 0.6) is 23.0 Å². The molecule has 2 heterocycles. The Balaban J connectivity index is 1.47. The maximum absolute atomic E-state index is 6.53. The lowest BCUT2D eigenvalue weighted by Gasteiger charge is -2.27. The van der Waals surface area contributed by atoms with E-state index in [1.165, 1.54) is 49.7 Å². The van der Waals surface area contributed by atoms with Crippen LogP contribution >= 0.6 is 22.7 Å². The predicted octanol–water partition coefficient (Wildman–Crippen LogP) is 13.8. The summed E-state index contributed by atoms with van der Waals surface area (Å²) < 4.78 is 36.2. The van der Waals surface area contributed by atoms with Gasteiger partial charge in [-0.3, -0.25) is 0 Å². The smallest absolute Gasteiger partial charge is 0.189 e. The molecule has 54 heavy (non-hydrogen) atoms. The monoisotopic (exact) mass is 778 g/mol. The Morgan fingerprint density at radius 2 is 0.889 bits per heavy atom. The van der Waals surface area contributed by atoms with Gasteiger partial charge in [0, 0.05) is 57.0 Å². The summed E-state index contributed by atoms with van der Waals surface area (Å²) in [6, 6.07) is 13.4. The molecule has 0 saturated carbocycles. The van der Waals surface area contributed by atoms with Crippen LogP contribution in [-0.2, 0) is 20.3 Å². The van der Waals surface area contributed by atoms with Crippen molar-refractivity contribution in [1.29, 1.82) is 0 Å². The maximum atomic E-state index is 6.53. The molecular formula is C46H66O6S2. The van der Waals surface area contributed by atoms with Gasteiger partial charge >= 0.3 is 0 Å². The lowest BCUT2D eigenvalue weighted by molar-refractivity contribution is 0.0228. The molecular weight excluding hydrogens is 713 g/mol. The number of ether oxygens (including phenoxy) is 6. The van der Waals surface area contributed by atoms with Gasteiger partial charge in [0.1, 0.15) is 23.0 Å². The Labute approximate surface area is 334 Å². The highest BCUT2D eigenvalue weighted by Crippen LogP contribution is 2.44. The SMILES string of the molecule is CCCCCC(C)(C)c1ccc(OCCCCOc2ccc(C(C)(C)CCCCC)cc2-c2cscc2OCOCC)c(-c2cscc2OCOCC)c1. The van der Waals surface area contributed by atoms with E-state index in [9.17, 15) is 0 Å². The van der Waals surface area contributed by atoms with Crippen molar-refractivity contribution in [3.05, 3.63) is 69.0 Å². The number of unbranched alkanes of at least 4 members (excludes halogenated alkanes) is 5. The average Bonchev–Trinajstić information content (AvgIpc) is 3.83. The normalized spacial score (nSPS) is 11.9. The molecule has 2 aromatic carbocycles. The van der Waals surface area contributed by atoms with Crippen LogP contribution in [0.25, 0.3) is 22.3 Å². The second-order valence-electron chi connectivity index (χ2n) is 15.3. The van der Waals surface area contributed by atoms with E-state index >= 15 is 0 Å². The molecule has 8 heteroatoms. The van der Waals surface area contributed by atoms with Crippen molar-refractivity contribution in [2.24, 2.45) is 0 Å². The van der Waals surface area contributed by atoms with Gasteiger partial charge in [-0.05, 0) is 85.8 Å². The van der Waals surface area contributed by atoms with Gasteiger partial charge < -0.3 is 28.4 Å². The Bertz CT molecular complexity index is 1530. The summed E-state index contributed by atoms with van der Waals surface area (Å²) in [5.74, 6) is 3.41. The lowest BCUT2D eigenvalue weighted by atomic mass is 9.79. The van der Waals surface area contributed by atoms with E-state index in [2.05, 4.69) is 88.7 Å². The third-order valence-electron chi connectivity index (χ3n) is 10.2. The zero-order valence-corrected chi connectivity index (χ0v) is 36.0. The molecule has 0 atom stereocenters. The maximum Gasteiger partial charge on any atom is 0.189 e. The molecule has 6 nitrogen and oxygen atoms in total. The molecule has 0 N–H and O–H groups in total. The molecule has 4 aromatic rings. The van der Waals surface area contributed by atoms with E-state index in [0.29, 0.717) is 26.4 Å². The zero-order valence-electron chi connectivity index (χ0n) is 34.4. The van der Waals surface area contributed by atoms with Crippen LogP contribution in [0.1, 0.15) is 131 Å². The second kappa shape index (κ2) is 22.5. The first kappa shape index (κ1) is 43.7. The molecule has 0 fully saturated rings. The lowest BCUT2D eigenvalue weighted by Crippen LogP contribution is -2.17. The van der Waals surface area contributed by atoms with Gasteiger partial charge in [-0.15, -0.1) is 22.7 Å². The largest absolute Gasteiger partial charge is 0.493 e. The molecule has 0 bridgehead atoms. The van der Waals surface area contributed by atoms with Crippen LogP contribution in [0, 0.1) is 0 Å². The Kier molecular flexibility index (Phi) is 18.2. The van der Waals surface area contributed by atoms with Gasteiger partial charge in [-0.1, -0.05) is 92.2 Å². The van der Waals surface area contributed by atoms with Crippen LogP contribution in [0.2, 0.25) is 0 Å². The third-order valence-corrected chi connectivity index (χ3v) is 11.7. The summed E-state index contributed by atoms with van der Waals surface area (Å²) in [4.78, 5) is 0. The van der Waals surface area contributed by atoms with Crippen molar-refractivity contribution in [3.63, 3.8) is 0 Å². The summed E-state index contributed by atoms with van der Waals surface area (Å²) in [6.45, 7) is 20.7. The van der Waals surface area contributed by atoms with Gasteiger partial charge in [0.05, 0.1) is 13.2 Å². The summed E-state index contributed by atoms with van der Waals surface area (Å²) >= 11 is 3.27. The van der Waals surface area contributed by atoms with E-state index in [4.69, 9.17) is 28.4 Å². The predicted molar refractivity (Wildman–Crippen MR) is 228 cm³/mol. The highest BCUT2D eigenvalue weighted by molar-refractivity contribution is 7.08. The van der Waals surface area contributed by atoms with Crippen molar-refractivity contribution < 1.29 is 28.4 Å². The summed E-state index contributed by atoms with van der Waals surface area (Å²) in [5, 5.41) is 8.40. The van der Waals surface area contributed by atoms with Gasteiger partial charge in [0.2, 0.25) is 0 Å². The van der Waals surface area contributed by atoms with Crippen molar-refractivity contribution in [2.75, 3.05) is 40.0 Å². The molecule has 0 aliphatic heterocycles. The fraction of sp³-hybridized carbons (Fsp3) is 0.565. The van der Waals surface area contributed by atoms with E-state index in [1.807, 2.05) is 24.6 Å². The molecule has 298 valence electrons. The van der Waals surface area contributed by atoms with E-state index in [1.54, 1.807) is 22.7 Å². The van der Waals surface area contributed by atoms with Crippen molar-refractivity contribution >= 4 is 22.7 Å². The van der Waals surface area contributed by atoms with Gasteiger partial charge in [0.15, 0.2) is 13.6 Å². The molecule has 0 spiro atoms. The van der Waals surface area contributed by atoms with Crippen LogP contribution in [0.4, 0.5) is 0 Å². The Hall–Kier alpha value is -3.04. The number of hydrogen-bond acceptors (Lipinski definition) is 8. The first-order valence-corrected chi connectivity index (χ1v) is 22.1. The fourth-order valence-corrected chi connectivity index (χ4v) is 8.16. The Morgan fingerprint density at radius 1 is 0.463 bits per heavy atom. The van der Waals surface area contributed by atoms with Crippen molar-refractivity contribution in [2.45, 2.75) is 130 Å². The molecule has 4 rings (SSSR count). The molecule has 0 saturated heterocycles. The van der Waals surface area contributed by atoms with Crippen molar-refractivity contribution in [3.8, 4) is 45.3 Å². The minimum absolute atomic E-state index is 0.0587. The number of hydrogen-bond donors (Lipinski definition) is 0. The topological polar surface area (TPSA) is 55.4 Å². The Morgan fingerprint density at radius 3 is 1.28 bits per heavy atom. The quantitative estimate of drug-likeness (QED) is 0.0444.